The van der Waals surface area contributed by atoms with Crippen molar-refractivity contribution in [3.05, 3.63) is 17.0 Å². The molecule has 1 aliphatic rings. The molecule has 1 aromatic heterocycles. The number of nitrogens with one attached hydrogen (secondary N) is 1. The monoisotopic (exact) mass is 316 g/mol. The molecule has 2 rings (SSSR count). The predicted octanol–water partition coefficient (Wildman–Crippen LogP) is 0.501. The van der Waals surface area contributed by atoms with Gasteiger partial charge in [0.05, 0.1) is 17.6 Å². The van der Waals surface area contributed by atoms with Crippen molar-refractivity contribution >= 4 is 15.7 Å². The molecule has 1 fully saturated rings. The molecule has 0 bridgehead atoms. The Morgan fingerprint density at radius 2 is 2.19 bits per heavy atom. The summed E-state index contributed by atoms with van der Waals surface area (Å²) in [7, 11) is -3.55. The number of nitrogens with zero attached hydrogens (tertiary/aromatic N) is 1. The highest BCUT2D eigenvalue weighted by atomic mass is 32.2. The summed E-state index contributed by atoms with van der Waals surface area (Å²) in [5, 5.41) is 6.32. The molecule has 8 heteroatoms. The molecule has 1 aromatic rings. The van der Waals surface area contributed by atoms with Crippen LogP contribution in [0.1, 0.15) is 29.9 Å². The van der Waals surface area contributed by atoms with Gasteiger partial charge < -0.3 is 14.6 Å². The molecule has 1 N–H and O–H groups in total. The zero-order valence-electron chi connectivity index (χ0n) is 12.2. The fraction of sp³-hybridized carbons (Fsp3) is 0.692. The van der Waals surface area contributed by atoms with E-state index >= 15 is 0 Å². The molecule has 0 aromatic carbocycles. The Labute approximate surface area is 123 Å². The molecule has 1 atom stereocenters. The van der Waals surface area contributed by atoms with Gasteiger partial charge in [-0.3, -0.25) is 4.79 Å². The summed E-state index contributed by atoms with van der Waals surface area (Å²) in [5.41, 5.74) is 1.07. The van der Waals surface area contributed by atoms with Crippen LogP contribution in [0.4, 0.5) is 0 Å². The van der Waals surface area contributed by atoms with E-state index in [0.717, 1.165) is 12.8 Å². The Morgan fingerprint density at radius 3 is 2.76 bits per heavy atom. The maximum Gasteiger partial charge on any atom is 0.235 e. The van der Waals surface area contributed by atoms with Crippen molar-refractivity contribution < 1.29 is 22.5 Å². The van der Waals surface area contributed by atoms with Crippen LogP contribution < -0.4 is 5.32 Å². The van der Waals surface area contributed by atoms with E-state index in [-0.39, 0.29) is 11.9 Å². The van der Waals surface area contributed by atoms with E-state index in [4.69, 9.17) is 9.26 Å². The van der Waals surface area contributed by atoms with E-state index < -0.39 is 21.5 Å². The van der Waals surface area contributed by atoms with Crippen molar-refractivity contribution in [1.82, 2.24) is 10.5 Å². The Bertz CT molecular complexity index is 583. The minimum absolute atomic E-state index is 0.000725. The summed E-state index contributed by atoms with van der Waals surface area (Å²) in [6.07, 6.45) is 1.87. The quantitative estimate of drug-likeness (QED) is 0.820. The van der Waals surface area contributed by atoms with Gasteiger partial charge in [0, 0.05) is 18.7 Å². The fourth-order valence-corrected chi connectivity index (χ4v) is 3.72. The molecule has 0 unspecified atom stereocenters. The smallest absolute Gasteiger partial charge is 0.235 e. The molecular weight excluding hydrogens is 296 g/mol. The zero-order chi connectivity index (χ0) is 15.5. The minimum Gasteiger partial charge on any atom is -0.376 e. The molecule has 7 nitrogen and oxygen atoms in total. The van der Waals surface area contributed by atoms with Crippen LogP contribution in [0.3, 0.4) is 0 Å². The second-order valence-electron chi connectivity index (χ2n) is 5.27. The molecule has 21 heavy (non-hydrogen) atoms. The number of rotatable bonds is 6. The highest BCUT2D eigenvalue weighted by Gasteiger charge is 2.23. The van der Waals surface area contributed by atoms with Crippen molar-refractivity contribution in [2.45, 2.75) is 38.5 Å². The lowest BCUT2D eigenvalue weighted by Crippen LogP contribution is -2.36. The Morgan fingerprint density at radius 1 is 1.43 bits per heavy atom. The second-order valence-corrected chi connectivity index (χ2v) is 7.34. The van der Waals surface area contributed by atoms with Gasteiger partial charge in [-0.25, -0.2) is 8.42 Å². The first kappa shape index (κ1) is 16.0. The van der Waals surface area contributed by atoms with Gasteiger partial charge in [0.25, 0.3) is 0 Å². The van der Waals surface area contributed by atoms with Crippen molar-refractivity contribution in [2.75, 3.05) is 18.9 Å². The van der Waals surface area contributed by atoms with Crippen LogP contribution in [0.2, 0.25) is 0 Å². The van der Waals surface area contributed by atoms with Gasteiger partial charge in [-0.15, -0.1) is 0 Å². The lowest BCUT2D eigenvalue weighted by molar-refractivity contribution is -0.119. The minimum atomic E-state index is -3.55. The molecule has 2 heterocycles. The standard InChI is InChI=1S/C13H20N2O5S/c1-9-12(10(2)20-15-9)7-21(17,18)8-13(16)14-6-11-4-3-5-19-11/h11H,3-8H2,1-2H3,(H,14,16)/t11-/m1/s1. The largest absolute Gasteiger partial charge is 0.376 e. The van der Waals surface area contributed by atoms with E-state index in [1.807, 2.05) is 0 Å². The number of carbonyl (C=O) groups is 1. The summed E-state index contributed by atoms with van der Waals surface area (Å²) >= 11 is 0. The average Bonchev–Trinajstić information content (AvgIpc) is 3.01. The first-order valence-electron chi connectivity index (χ1n) is 6.88. The summed E-state index contributed by atoms with van der Waals surface area (Å²) in [5.74, 6) is -0.807. The van der Waals surface area contributed by atoms with Gasteiger partial charge in [0.15, 0.2) is 9.84 Å². The third-order valence-electron chi connectivity index (χ3n) is 3.45. The number of hydrogen-bond acceptors (Lipinski definition) is 6. The highest BCUT2D eigenvalue weighted by molar-refractivity contribution is 7.91. The van der Waals surface area contributed by atoms with Crippen LogP contribution in [-0.4, -0.2) is 44.5 Å². The molecule has 0 radical (unpaired) electrons. The molecule has 1 amide bonds. The Balaban J connectivity index is 1.86. The van der Waals surface area contributed by atoms with Crippen molar-refractivity contribution in [3.8, 4) is 0 Å². The predicted molar refractivity (Wildman–Crippen MR) is 75.5 cm³/mol. The Kier molecular flexibility index (Phi) is 5.00. The van der Waals surface area contributed by atoms with E-state index in [1.54, 1.807) is 13.8 Å². The highest BCUT2D eigenvalue weighted by Crippen LogP contribution is 2.16. The number of hydrogen-bond donors (Lipinski definition) is 1. The summed E-state index contributed by atoms with van der Waals surface area (Å²) in [4.78, 5) is 11.7. The fourth-order valence-electron chi connectivity index (χ4n) is 2.26. The first-order chi connectivity index (χ1) is 9.87. The van der Waals surface area contributed by atoms with Crippen LogP contribution in [0.15, 0.2) is 4.52 Å². The number of aromatic nitrogens is 1. The van der Waals surface area contributed by atoms with Crippen molar-refractivity contribution in [1.29, 1.82) is 0 Å². The topological polar surface area (TPSA) is 98.5 Å². The molecule has 1 aliphatic heterocycles. The number of carbonyl (C=O) groups excluding carboxylic acids is 1. The number of aryl methyl sites for hydroxylation is 2. The van der Waals surface area contributed by atoms with Gasteiger partial charge >= 0.3 is 0 Å². The molecule has 0 saturated carbocycles. The van der Waals surface area contributed by atoms with Gasteiger partial charge in [0.1, 0.15) is 11.5 Å². The lowest BCUT2D eigenvalue weighted by Gasteiger charge is -2.11. The van der Waals surface area contributed by atoms with Crippen molar-refractivity contribution in [3.63, 3.8) is 0 Å². The zero-order valence-corrected chi connectivity index (χ0v) is 13.0. The molecule has 118 valence electrons. The molecule has 0 spiro atoms. The first-order valence-corrected chi connectivity index (χ1v) is 8.70. The number of sulfone groups is 1. The van der Waals surface area contributed by atoms with Crippen molar-refractivity contribution in [2.24, 2.45) is 0 Å². The normalized spacial score (nSPS) is 18.9. The molecule has 1 saturated heterocycles. The Hall–Kier alpha value is -1.41. The van der Waals surface area contributed by atoms with E-state index in [9.17, 15) is 13.2 Å². The average molecular weight is 316 g/mol. The lowest BCUT2D eigenvalue weighted by atomic mass is 10.2. The maximum absolute atomic E-state index is 12.0. The van der Waals surface area contributed by atoms with Gasteiger partial charge in [-0.2, -0.15) is 0 Å². The van der Waals surface area contributed by atoms with Gasteiger partial charge in [0.2, 0.25) is 5.91 Å². The number of ether oxygens (including phenoxy) is 1. The summed E-state index contributed by atoms with van der Waals surface area (Å²) < 4.78 is 34.4. The number of amides is 1. The summed E-state index contributed by atoms with van der Waals surface area (Å²) in [6, 6.07) is 0. The van der Waals surface area contributed by atoms with Gasteiger partial charge in [-0.05, 0) is 26.7 Å². The van der Waals surface area contributed by atoms with E-state index in [2.05, 4.69) is 10.5 Å². The van der Waals surface area contributed by atoms with Crippen LogP contribution in [0.5, 0.6) is 0 Å². The second kappa shape index (κ2) is 6.57. The summed E-state index contributed by atoms with van der Waals surface area (Å²) in [6.45, 7) is 4.39. The maximum atomic E-state index is 12.0. The van der Waals surface area contributed by atoms with Crippen LogP contribution in [0, 0.1) is 13.8 Å². The SMILES string of the molecule is Cc1noc(C)c1CS(=O)(=O)CC(=O)NC[C@H]1CCCO1. The third-order valence-corrected chi connectivity index (χ3v) is 4.88. The van der Waals surface area contributed by atoms with E-state index in [0.29, 0.717) is 30.2 Å². The third kappa shape index (κ3) is 4.53. The molecular formula is C13H20N2O5S. The molecule has 0 aliphatic carbocycles. The van der Waals surface area contributed by atoms with Gasteiger partial charge in [-0.1, -0.05) is 5.16 Å². The van der Waals surface area contributed by atoms with E-state index in [1.165, 1.54) is 0 Å². The van der Waals surface area contributed by atoms with Crippen LogP contribution in [0.25, 0.3) is 0 Å². The van der Waals surface area contributed by atoms with Crippen LogP contribution >= 0.6 is 0 Å². The van der Waals surface area contributed by atoms with Crippen LogP contribution in [-0.2, 0) is 25.1 Å².